The first-order chi connectivity index (χ1) is 13.0. The third-order valence-electron chi connectivity index (χ3n) is 4.15. The highest BCUT2D eigenvalue weighted by Crippen LogP contribution is 2.28. The van der Waals surface area contributed by atoms with Gasteiger partial charge in [-0.05, 0) is 34.6 Å². The highest BCUT2D eigenvalue weighted by molar-refractivity contribution is 5.95. The lowest BCUT2D eigenvalue weighted by Crippen LogP contribution is -2.34. The Kier molecular flexibility index (Phi) is 4.59. The molecule has 9 heteroatoms. The third kappa shape index (κ3) is 3.67. The van der Waals surface area contributed by atoms with Crippen LogP contribution in [0.15, 0.2) is 24.7 Å². The van der Waals surface area contributed by atoms with Crippen LogP contribution in [0.2, 0.25) is 0 Å². The second kappa shape index (κ2) is 6.64. The van der Waals surface area contributed by atoms with Crippen molar-refractivity contribution in [1.82, 2.24) is 25.0 Å². The molecule has 0 fully saturated rings. The average Bonchev–Trinajstić information content (AvgIpc) is 3.25. The Balaban J connectivity index is 1.92. The molecule has 3 heterocycles. The average molecular weight is 381 g/mol. The number of hydrogen-bond acceptors (Lipinski definition) is 6. The van der Waals surface area contributed by atoms with E-state index in [1.807, 2.05) is 20.8 Å². The largest absolute Gasteiger partial charge is 0.443 e. The highest BCUT2D eigenvalue weighted by atomic mass is 16.6. The molecule has 0 aromatic carbocycles. The van der Waals surface area contributed by atoms with Gasteiger partial charge in [-0.3, -0.25) is 14.7 Å². The molecule has 3 aromatic rings. The minimum absolute atomic E-state index is 0.443. The maximum absolute atomic E-state index is 12.2. The summed E-state index contributed by atoms with van der Waals surface area (Å²) >= 11 is 0. The van der Waals surface area contributed by atoms with Gasteiger partial charge >= 0.3 is 6.09 Å². The molecule has 0 aliphatic carbocycles. The molecular formula is C19H23N7O2. The van der Waals surface area contributed by atoms with E-state index in [9.17, 15) is 10.1 Å². The Morgan fingerprint density at radius 1 is 1.29 bits per heavy atom. The van der Waals surface area contributed by atoms with E-state index in [4.69, 9.17) is 4.74 Å². The Hall–Kier alpha value is -3.41. The number of anilines is 1. The van der Waals surface area contributed by atoms with Crippen molar-refractivity contribution < 1.29 is 9.53 Å². The maximum atomic E-state index is 12.2. The highest BCUT2D eigenvalue weighted by Gasteiger charge is 2.23. The van der Waals surface area contributed by atoms with Crippen molar-refractivity contribution in [3.05, 3.63) is 24.7 Å². The van der Waals surface area contributed by atoms with Crippen molar-refractivity contribution >= 4 is 22.8 Å². The van der Waals surface area contributed by atoms with E-state index in [0.29, 0.717) is 11.5 Å². The lowest BCUT2D eigenvalue weighted by Gasteiger charge is -2.24. The van der Waals surface area contributed by atoms with Gasteiger partial charge in [0, 0.05) is 36.5 Å². The fourth-order valence-corrected chi connectivity index (χ4v) is 2.53. The number of fused-ring (bicyclic) bond motifs is 1. The fourth-order valence-electron chi connectivity index (χ4n) is 2.53. The molecular weight excluding hydrogens is 358 g/mol. The zero-order valence-electron chi connectivity index (χ0n) is 16.8. The molecule has 0 aliphatic rings. The molecule has 0 unspecified atom stereocenters. The second-order valence-corrected chi connectivity index (χ2v) is 8.04. The van der Waals surface area contributed by atoms with Crippen LogP contribution in [0.3, 0.4) is 0 Å². The van der Waals surface area contributed by atoms with Crippen molar-refractivity contribution in [3.8, 4) is 17.3 Å². The number of nitriles is 1. The van der Waals surface area contributed by atoms with Gasteiger partial charge in [-0.2, -0.15) is 15.5 Å². The van der Waals surface area contributed by atoms with E-state index >= 15 is 0 Å². The second-order valence-electron chi connectivity index (χ2n) is 8.04. The first kappa shape index (κ1) is 19.4. The molecule has 0 saturated heterocycles. The lowest BCUT2D eigenvalue weighted by molar-refractivity contribution is 0.0588. The normalized spacial score (nSPS) is 12.0. The van der Waals surface area contributed by atoms with Gasteiger partial charge in [-0.1, -0.05) is 0 Å². The van der Waals surface area contributed by atoms with Crippen molar-refractivity contribution in [2.75, 3.05) is 11.9 Å². The summed E-state index contributed by atoms with van der Waals surface area (Å²) < 4.78 is 6.97. The Bertz CT molecular complexity index is 1070. The predicted molar refractivity (Wildman–Crippen MR) is 105 cm³/mol. The van der Waals surface area contributed by atoms with E-state index in [2.05, 4.69) is 26.3 Å². The van der Waals surface area contributed by atoms with Gasteiger partial charge in [0.1, 0.15) is 22.7 Å². The summed E-state index contributed by atoms with van der Waals surface area (Å²) in [6, 6.07) is 3.95. The molecule has 9 nitrogen and oxygen atoms in total. The molecule has 0 aliphatic heterocycles. The summed E-state index contributed by atoms with van der Waals surface area (Å²) in [5, 5.41) is 21.7. The predicted octanol–water partition coefficient (Wildman–Crippen LogP) is 3.45. The van der Waals surface area contributed by atoms with Gasteiger partial charge in [0.15, 0.2) is 0 Å². The van der Waals surface area contributed by atoms with Crippen molar-refractivity contribution in [1.29, 1.82) is 5.26 Å². The SMILES string of the molecule is CN(C(=O)OC(C)(C)C)c1cc2[nH]nc(-c3cnn(C(C)(C)C#N)c3)c2cn1. The van der Waals surface area contributed by atoms with Crippen LogP contribution in [0.1, 0.15) is 34.6 Å². The summed E-state index contributed by atoms with van der Waals surface area (Å²) in [6.07, 6.45) is 4.60. The van der Waals surface area contributed by atoms with E-state index < -0.39 is 17.2 Å². The van der Waals surface area contributed by atoms with Gasteiger partial charge in [0.2, 0.25) is 0 Å². The molecule has 1 N–H and O–H groups in total. The quantitative estimate of drug-likeness (QED) is 0.743. The van der Waals surface area contributed by atoms with Crippen molar-refractivity contribution in [3.63, 3.8) is 0 Å². The number of ether oxygens (including phenoxy) is 1. The van der Waals surface area contributed by atoms with E-state index in [1.54, 1.807) is 50.2 Å². The maximum Gasteiger partial charge on any atom is 0.415 e. The first-order valence-electron chi connectivity index (χ1n) is 8.79. The summed E-state index contributed by atoms with van der Waals surface area (Å²) in [4.78, 5) is 18.0. The molecule has 0 spiro atoms. The minimum Gasteiger partial charge on any atom is -0.443 e. The number of carbonyl (C=O) groups is 1. The van der Waals surface area contributed by atoms with E-state index in [1.165, 1.54) is 4.90 Å². The lowest BCUT2D eigenvalue weighted by atomic mass is 10.1. The van der Waals surface area contributed by atoms with E-state index in [0.717, 1.165) is 16.5 Å². The van der Waals surface area contributed by atoms with Gasteiger partial charge in [0.25, 0.3) is 0 Å². The zero-order chi connectivity index (χ0) is 20.7. The van der Waals surface area contributed by atoms with Gasteiger partial charge < -0.3 is 4.74 Å². The number of amides is 1. The van der Waals surface area contributed by atoms with Gasteiger partial charge in [-0.15, -0.1) is 0 Å². The minimum atomic E-state index is -0.758. The van der Waals surface area contributed by atoms with E-state index in [-0.39, 0.29) is 0 Å². The number of aromatic amines is 1. The monoisotopic (exact) mass is 381 g/mol. The number of carbonyl (C=O) groups excluding carboxylic acids is 1. The number of hydrogen-bond donors (Lipinski definition) is 1. The van der Waals surface area contributed by atoms with Gasteiger partial charge in [0.05, 0.1) is 17.8 Å². The molecule has 3 aromatic heterocycles. The molecule has 0 radical (unpaired) electrons. The molecule has 1 amide bonds. The number of rotatable bonds is 3. The first-order valence-corrected chi connectivity index (χ1v) is 8.79. The van der Waals surface area contributed by atoms with Crippen LogP contribution in [-0.4, -0.2) is 43.7 Å². The third-order valence-corrected chi connectivity index (χ3v) is 4.15. The molecule has 28 heavy (non-hydrogen) atoms. The van der Waals surface area contributed by atoms with Gasteiger partial charge in [-0.25, -0.2) is 9.78 Å². The van der Waals surface area contributed by atoms with Crippen LogP contribution in [-0.2, 0) is 10.3 Å². The molecule has 3 rings (SSSR count). The number of nitrogens with zero attached hydrogens (tertiary/aromatic N) is 6. The van der Waals surface area contributed by atoms with Crippen LogP contribution >= 0.6 is 0 Å². The topological polar surface area (TPSA) is 113 Å². The summed E-state index contributed by atoms with van der Waals surface area (Å²) in [5.74, 6) is 0.443. The van der Waals surface area contributed by atoms with Crippen molar-refractivity contribution in [2.24, 2.45) is 0 Å². The number of aromatic nitrogens is 5. The Morgan fingerprint density at radius 3 is 2.64 bits per heavy atom. The molecule has 146 valence electrons. The Morgan fingerprint density at radius 2 is 2.00 bits per heavy atom. The summed E-state index contributed by atoms with van der Waals surface area (Å²) in [6.45, 7) is 9.00. The summed E-state index contributed by atoms with van der Waals surface area (Å²) in [5.41, 5.74) is 0.821. The Labute approximate surface area is 162 Å². The molecule has 0 saturated carbocycles. The van der Waals surface area contributed by atoms with Crippen LogP contribution in [0.5, 0.6) is 0 Å². The number of pyridine rings is 1. The standard InChI is InChI=1S/C19H23N7O2/c1-18(2,3)28-17(27)25(6)15-7-14-13(9-21-15)16(24-23-14)12-8-22-26(10-12)19(4,5)11-20/h7-10H,1-6H3,(H,23,24). The molecule has 0 atom stereocenters. The smallest absolute Gasteiger partial charge is 0.415 e. The fraction of sp³-hybridized carbons (Fsp3) is 0.421. The van der Waals surface area contributed by atoms with Crippen LogP contribution in [0.25, 0.3) is 22.2 Å². The number of H-pyrrole nitrogens is 1. The van der Waals surface area contributed by atoms with Crippen LogP contribution in [0, 0.1) is 11.3 Å². The summed E-state index contributed by atoms with van der Waals surface area (Å²) in [7, 11) is 1.60. The number of nitrogens with one attached hydrogen (secondary N) is 1. The van der Waals surface area contributed by atoms with Crippen LogP contribution < -0.4 is 4.90 Å². The van der Waals surface area contributed by atoms with Crippen molar-refractivity contribution in [2.45, 2.75) is 45.8 Å². The molecule has 0 bridgehead atoms. The zero-order valence-corrected chi connectivity index (χ0v) is 16.8. The van der Waals surface area contributed by atoms with Crippen LogP contribution in [0.4, 0.5) is 10.6 Å².